The molecule has 3 atom stereocenters. The Bertz CT molecular complexity index is 988. The maximum absolute atomic E-state index is 13.1. The summed E-state index contributed by atoms with van der Waals surface area (Å²) >= 11 is 0. The van der Waals surface area contributed by atoms with E-state index in [0.29, 0.717) is 12.4 Å². The van der Waals surface area contributed by atoms with Gasteiger partial charge in [-0.3, -0.25) is 4.68 Å². The van der Waals surface area contributed by atoms with Crippen LogP contribution >= 0.6 is 0 Å². The number of aryl methyl sites for hydroxylation is 1. The maximum atomic E-state index is 13.1. The molecule has 2 N–H and O–H groups in total. The van der Waals surface area contributed by atoms with E-state index in [1.165, 1.54) is 0 Å². The van der Waals surface area contributed by atoms with Gasteiger partial charge in [0, 0.05) is 31.9 Å². The summed E-state index contributed by atoms with van der Waals surface area (Å²) in [7, 11) is 1.83. The highest BCUT2D eigenvalue weighted by Crippen LogP contribution is 2.43. The van der Waals surface area contributed by atoms with Gasteiger partial charge in [-0.25, -0.2) is 23.5 Å². The van der Waals surface area contributed by atoms with E-state index in [9.17, 15) is 13.6 Å². The van der Waals surface area contributed by atoms with Gasteiger partial charge in [0.25, 0.3) is 5.92 Å². The van der Waals surface area contributed by atoms with Gasteiger partial charge in [0.15, 0.2) is 0 Å². The molecule has 0 radical (unpaired) electrons. The number of fused-ring (bicyclic) bond motifs is 2. The van der Waals surface area contributed by atoms with Gasteiger partial charge in [0.1, 0.15) is 6.04 Å². The molecule has 1 saturated heterocycles. The molecule has 2 fully saturated rings. The third kappa shape index (κ3) is 3.43. The molecular weight excluding hydrogens is 380 g/mol. The molecule has 4 heterocycles. The molecule has 1 saturated carbocycles. The molecule has 10 heteroatoms. The summed E-state index contributed by atoms with van der Waals surface area (Å²) in [6, 6.07) is 0.331. The first kappa shape index (κ1) is 18.0. The summed E-state index contributed by atoms with van der Waals surface area (Å²) in [4.78, 5) is 23.1. The van der Waals surface area contributed by atoms with Crippen molar-refractivity contribution in [2.24, 2.45) is 7.05 Å². The number of halogens is 2. The van der Waals surface area contributed by atoms with Gasteiger partial charge in [-0.15, -0.1) is 0 Å². The number of hydrogen-bond donors (Lipinski definition) is 2. The molecule has 2 amide bonds. The Labute approximate surface area is 166 Å². The second kappa shape index (κ2) is 6.50. The molecule has 0 spiro atoms. The Kier molecular flexibility index (Phi) is 4.04. The quantitative estimate of drug-likeness (QED) is 0.823. The molecule has 0 aromatic carbocycles. The first-order valence-corrected chi connectivity index (χ1v) is 9.65. The molecule has 2 aliphatic heterocycles. The van der Waals surface area contributed by atoms with Crippen LogP contribution in [0.1, 0.15) is 31.4 Å². The van der Waals surface area contributed by atoms with Crippen LogP contribution in [0.2, 0.25) is 0 Å². The van der Waals surface area contributed by atoms with E-state index in [-0.39, 0.29) is 18.5 Å². The summed E-state index contributed by atoms with van der Waals surface area (Å²) in [6.45, 7) is 0. The van der Waals surface area contributed by atoms with Crippen molar-refractivity contribution in [1.29, 1.82) is 0 Å². The van der Waals surface area contributed by atoms with Crippen molar-refractivity contribution in [1.82, 2.24) is 30.0 Å². The molecule has 152 valence electrons. The molecular formula is C19H21F2N7O. The second-order valence-corrected chi connectivity index (χ2v) is 7.86. The Hall–Kier alpha value is -3.04. The van der Waals surface area contributed by atoms with Crippen LogP contribution in [-0.4, -0.2) is 54.7 Å². The van der Waals surface area contributed by atoms with Gasteiger partial charge in [-0.2, -0.15) is 5.10 Å². The first-order chi connectivity index (χ1) is 13.9. The average Bonchev–Trinajstić information content (AvgIpc) is 2.96. The number of aromatic nitrogens is 4. The van der Waals surface area contributed by atoms with Crippen LogP contribution < -0.4 is 10.6 Å². The zero-order chi connectivity index (χ0) is 20.2. The van der Waals surface area contributed by atoms with E-state index >= 15 is 0 Å². The molecule has 3 unspecified atom stereocenters. The minimum atomic E-state index is -2.76. The normalized spacial score (nSPS) is 26.8. The number of urea groups is 1. The summed E-state index contributed by atoms with van der Waals surface area (Å²) in [5.74, 6) is -2.29. The molecule has 5 rings (SSSR count). The minimum Gasteiger partial charge on any atom is -0.329 e. The van der Waals surface area contributed by atoms with Crippen molar-refractivity contribution < 1.29 is 13.6 Å². The van der Waals surface area contributed by atoms with Crippen molar-refractivity contribution in [3.63, 3.8) is 0 Å². The number of anilines is 2. The van der Waals surface area contributed by atoms with Crippen molar-refractivity contribution >= 4 is 23.2 Å². The fourth-order valence-corrected chi connectivity index (χ4v) is 4.14. The van der Waals surface area contributed by atoms with E-state index in [0.717, 1.165) is 29.8 Å². The van der Waals surface area contributed by atoms with Gasteiger partial charge in [-0.1, -0.05) is 6.08 Å². The van der Waals surface area contributed by atoms with Crippen LogP contribution in [0.5, 0.6) is 0 Å². The molecule has 29 heavy (non-hydrogen) atoms. The molecule has 1 aliphatic carbocycles. The zero-order valence-corrected chi connectivity index (χ0v) is 15.8. The van der Waals surface area contributed by atoms with Gasteiger partial charge >= 0.3 is 6.03 Å². The molecule has 8 nitrogen and oxygen atoms in total. The largest absolute Gasteiger partial charge is 0.329 e. The maximum Gasteiger partial charge on any atom is 0.318 e. The Morgan fingerprint density at radius 2 is 2.17 bits per heavy atom. The van der Waals surface area contributed by atoms with Gasteiger partial charge in [-0.05, 0) is 30.9 Å². The molecule has 2 aromatic heterocycles. The van der Waals surface area contributed by atoms with Crippen LogP contribution in [-0.2, 0) is 7.05 Å². The highest BCUT2D eigenvalue weighted by atomic mass is 19.3. The lowest BCUT2D eigenvalue weighted by atomic mass is 9.98. The monoisotopic (exact) mass is 401 g/mol. The van der Waals surface area contributed by atoms with Crippen LogP contribution in [0.3, 0.4) is 0 Å². The standard InChI is InChI=1S/C19H21F2N7O/c1-27-10-12(9-23-27)24-17-22-5-4-15(25-17)11-6-13-2-3-14(7-11)28(13)18(29)26-16-8-19(16,20)21/h4-6,9-10,13-14,16H,2-3,7-8H2,1H3,(H,26,29)(H,22,24,25). The van der Waals surface area contributed by atoms with E-state index in [1.807, 2.05) is 25.4 Å². The minimum absolute atomic E-state index is 0.00271. The molecule has 2 bridgehead atoms. The number of nitrogens with one attached hydrogen (secondary N) is 2. The third-order valence-electron chi connectivity index (χ3n) is 5.70. The highest BCUT2D eigenvalue weighted by Gasteiger charge is 2.58. The number of nitrogens with zero attached hydrogens (tertiary/aromatic N) is 5. The van der Waals surface area contributed by atoms with Crippen molar-refractivity contribution in [3.8, 4) is 0 Å². The lowest BCUT2D eigenvalue weighted by Crippen LogP contribution is -2.49. The second-order valence-electron chi connectivity index (χ2n) is 7.86. The van der Waals surface area contributed by atoms with Crippen LogP contribution in [0.4, 0.5) is 25.2 Å². The fraction of sp³-hybridized carbons (Fsp3) is 0.474. The average molecular weight is 401 g/mol. The number of carbonyl (C=O) groups excluding carboxylic acids is 1. The zero-order valence-electron chi connectivity index (χ0n) is 15.8. The SMILES string of the molecule is Cn1cc(Nc2nccc(C3=CC4CCC(C3)N4C(=O)NC3CC3(F)F)n2)cn1. The Morgan fingerprint density at radius 1 is 1.34 bits per heavy atom. The highest BCUT2D eigenvalue weighted by molar-refractivity contribution is 5.79. The lowest BCUT2D eigenvalue weighted by Gasteiger charge is -2.34. The van der Waals surface area contributed by atoms with Crippen LogP contribution in [0.25, 0.3) is 5.57 Å². The molecule has 3 aliphatic rings. The first-order valence-electron chi connectivity index (χ1n) is 9.65. The van der Waals surface area contributed by atoms with E-state index in [4.69, 9.17) is 0 Å². The van der Waals surface area contributed by atoms with Crippen molar-refractivity contribution in [3.05, 3.63) is 36.4 Å². The van der Waals surface area contributed by atoms with E-state index in [1.54, 1.807) is 22.0 Å². The smallest absolute Gasteiger partial charge is 0.318 e. The van der Waals surface area contributed by atoms with E-state index < -0.39 is 18.0 Å². The lowest BCUT2D eigenvalue weighted by molar-refractivity contribution is 0.104. The summed E-state index contributed by atoms with van der Waals surface area (Å²) in [5, 5.41) is 9.71. The van der Waals surface area contributed by atoms with Gasteiger partial charge < -0.3 is 15.5 Å². The fourth-order valence-electron chi connectivity index (χ4n) is 4.14. The topological polar surface area (TPSA) is 88.0 Å². The van der Waals surface area contributed by atoms with Gasteiger partial charge in [0.05, 0.1) is 23.6 Å². The Morgan fingerprint density at radius 3 is 2.86 bits per heavy atom. The summed E-state index contributed by atoms with van der Waals surface area (Å²) in [5.41, 5.74) is 2.65. The number of hydrogen-bond acceptors (Lipinski definition) is 5. The third-order valence-corrected chi connectivity index (χ3v) is 5.70. The number of carbonyl (C=O) groups is 1. The van der Waals surface area contributed by atoms with Gasteiger partial charge in [0.2, 0.25) is 5.95 Å². The molecule has 2 aromatic rings. The summed E-state index contributed by atoms with van der Waals surface area (Å²) in [6.07, 6.45) is 9.30. The summed E-state index contributed by atoms with van der Waals surface area (Å²) < 4.78 is 28.0. The number of rotatable bonds is 4. The number of alkyl halides is 2. The number of amides is 2. The van der Waals surface area contributed by atoms with Crippen molar-refractivity contribution in [2.75, 3.05) is 5.32 Å². The Balaban J connectivity index is 1.31. The predicted molar refractivity (Wildman–Crippen MR) is 102 cm³/mol. The van der Waals surface area contributed by atoms with Crippen LogP contribution in [0, 0.1) is 0 Å². The predicted octanol–water partition coefficient (Wildman–Crippen LogP) is 2.69. The van der Waals surface area contributed by atoms with Crippen molar-refractivity contribution in [2.45, 2.75) is 49.7 Å². The van der Waals surface area contributed by atoms with Crippen LogP contribution in [0.15, 0.2) is 30.7 Å². The van der Waals surface area contributed by atoms with E-state index in [2.05, 4.69) is 25.7 Å².